The van der Waals surface area contributed by atoms with Gasteiger partial charge < -0.3 is 5.32 Å². The van der Waals surface area contributed by atoms with Crippen LogP contribution in [-0.4, -0.2) is 20.7 Å². The average Bonchev–Trinajstić information content (AvgIpc) is 3.00. The lowest BCUT2D eigenvalue weighted by molar-refractivity contribution is -0.116. The Bertz CT molecular complexity index is 1230. The predicted octanol–water partition coefficient (Wildman–Crippen LogP) is 4.80. The fourth-order valence-corrected chi connectivity index (χ4v) is 3.51. The molecule has 0 radical (unpaired) electrons. The second kappa shape index (κ2) is 7.47. The van der Waals surface area contributed by atoms with Crippen molar-refractivity contribution in [2.75, 3.05) is 5.32 Å². The highest BCUT2D eigenvalue weighted by atomic mass is 19.1. The largest absolute Gasteiger partial charge is 0.322 e. The van der Waals surface area contributed by atoms with Crippen molar-refractivity contribution >= 4 is 22.6 Å². The Morgan fingerprint density at radius 2 is 1.86 bits per heavy atom. The molecule has 0 spiro atoms. The van der Waals surface area contributed by atoms with Crippen LogP contribution in [-0.2, 0) is 11.3 Å². The Morgan fingerprint density at radius 1 is 1.07 bits per heavy atom. The number of aromatic nitrogens is 3. The molecule has 2 aromatic carbocycles. The number of pyridine rings is 1. The summed E-state index contributed by atoms with van der Waals surface area (Å²) in [6.45, 7) is 5.74. The molecule has 0 aliphatic rings. The van der Waals surface area contributed by atoms with E-state index >= 15 is 0 Å². The van der Waals surface area contributed by atoms with E-state index in [9.17, 15) is 9.18 Å². The molecule has 0 aliphatic carbocycles. The molecule has 4 rings (SSSR count). The van der Waals surface area contributed by atoms with Gasteiger partial charge in [0.15, 0.2) is 5.65 Å². The normalized spacial score (nSPS) is 11.0. The van der Waals surface area contributed by atoms with Crippen LogP contribution in [0.3, 0.4) is 0 Å². The van der Waals surface area contributed by atoms with Crippen molar-refractivity contribution in [3.8, 4) is 11.1 Å². The molecule has 0 bridgehead atoms. The fourth-order valence-electron chi connectivity index (χ4n) is 3.51. The first-order valence-electron chi connectivity index (χ1n) is 9.37. The molecular weight excluding hydrogens is 367 g/mol. The first-order valence-corrected chi connectivity index (χ1v) is 9.37. The number of nitrogens with one attached hydrogen (secondary N) is 1. The molecule has 6 heteroatoms. The quantitative estimate of drug-likeness (QED) is 0.546. The van der Waals surface area contributed by atoms with E-state index in [1.165, 1.54) is 6.07 Å². The SMILES string of the molecule is Cc1cccc(-c2ccnc3c2c(C)nn3CC(=O)Nc2cc(C)ccc2F)c1. The number of benzene rings is 2. The molecule has 1 N–H and O–H groups in total. The molecule has 0 saturated carbocycles. The highest BCUT2D eigenvalue weighted by Crippen LogP contribution is 2.30. The summed E-state index contributed by atoms with van der Waals surface area (Å²) in [7, 11) is 0. The number of anilines is 1. The lowest BCUT2D eigenvalue weighted by atomic mass is 10.0. The maximum Gasteiger partial charge on any atom is 0.246 e. The van der Waals surface area contributed by atoms with Crippen molar-refractivity contribution in [2.24, 2.45) is 0 Å². The van der Waals surface area contributed by atoms with E-state index in [2.05, 4.69) is 21.5 Å². The summed E-state index contributed by atoms with van der Waals surface area (Å²) in [6.07, 6.45) is 1.72. The predicted molar refractivity (Wildman–Crippen MR) is 112 cm³/mol. The van der Waals surface area contributed by atoms with Crippen molar-refractivity contribution in [3.63, 3.8) is 0 Å². The maximum absolute atomic E-state index is 13.9. The van der Waals surface area contributed by atoms with E-state index in [4.69, 9.17) is 0 Å². The number of hydrogen-bond acceptors (Lipinski definition) is 3. The van der Waals surface area contributed by atoms with Gasteiger partial charge in [-0.15, -0.1) is 0 Å². The van der Waals surface area contributed by atoms with Crippen LogP contribution in [0, 0.1) is 26.6 Å². The van der Waals surface area contributed by atoms with Gasteiger partial charge in [-0.2, -0.15) is 5.10 Å². The number of nitrogens with zero attached hydrogens (tertiary/aromatic N) is 3. The lowest BCUT2D eigenvalue weighted by Crippen LogP contribution is -2.20. The maximum atomic E-state index is 13.9. The topological polar surface area (TPSA) is 59.8 Å². The van der Waals surface area contributed by atoms with E-state index in [-0.39, 0.29) is 18.1 Å². The molecule has 29 heavy (non-hydrogen) atoms. The summed E-state index contributed by atoms with van der Waals surface area (Å²) in [5.74, 6) is -0.827. The van der Waals surface area contributed by atoms with Gasteiger partial charge in [0.25, 0.3) is 0 Å². The third kappa shape index (κ3) is 3.74. The van der Waals surface area contributed by atoms with Gasteiger partial charge in [-0.1, -0.05) is 35.9 Å². The van der Waals surface area contributed by atoms with Crippen molar-refractivity contribution in [2.45, 2.75) is 27.3 Å². The Labute approximate surface area is 168 Å². The van der Waals surface area contributed by atoms with Crippen LogP contribution in [0.25, 0.3) is 22.2 Å². The number of halogens is 1. The zero-order chi connectivity index (χ0) is 20.5. The first kappa shape index (κ1) is 18.8. The first-order chi connectivity index (χ1) is 13.9. The number of carbonyl (C=O) groups is 1. The number of carbonyl (C=O) groups excluding carboxylic acids is 1. The third-order valence-corrected chi connectivity index (χ3v) is 4.83. The van der Waals surface area contributed by atoms with Gasteiger partial charge in [0.1, 0.15) is 12.4 Å². The molecule has 0 atom stereocenters. The minimum atomic E-state index is -0.467. The van der Waals surface area contributed by atoms with Crippen LogP contribution in [0.2, 0.25) is 0 Å². The standard InChI is InChI=1S/C23H21FN4O/c1-14-5-4-6-17(11-14)18-9-10-25-23-22(18)16(3)27-28(23)13-21(29)26-20-12-15(2)7-8-19(20)24/h4-12H,13H2,1-3H3,(H,26,29). The van der Waals surface area contributed by atoms with Gasteiger partial charge in [0.2, 0.25) is 5.91 Å². The molecule has 146 valence electrons. The van der Waals surface area contributed by atoms with Crippen molar-refractivity contribution in [1.29, 1.82) is 0 Å². The second-order valence-corrected chi connectivity index (χ2v) is 7.20. The van der Waals surface area contributed by atoms with E-state index in [0.29, 0.717) is 5.65 Å². The van der Waals surface area contributed by atoms with Gasteiger partial charge in [0, 0.05) is 11.6 Å². The number of amides is 1. The molecule has 2 aromatic heterocycles. The van der Waals surface area contributed by atoms with E-state index in [1.807, 2.05) is 45.0 Å². The average molecular weight is 388 g/mol. The minimum absolute atomic E-state index is 0.0536. The van der Waals surface area contributed by atoms with Crippen LogP contribution in [0.15, 0.2) is 54.7 Å². The molecule has 0 aliphatic heterocycles. The third-order valence-electron chi connectivity index (χ3n) is 4.83. The summed E-state index contributed by atoms with van der Waals surface area (Å²) in [6, 6.07) is 14.8. The van der Waals surface area contributed by atoms with Crippen LogP contribution < -0.4 is 5.32 Å². The Morgan fingerprint density at radius 3 is 2.66 bits per heavy atom. The number of rotatable bonds is 4. The van der Waals surface area contributed by atoms with E-state index < -0.39 is 5.82 Å². The summed E-state index contributed by atoms with van der Waals surface area (Å²) < 4.78 is 15.5. The summed E-state index contributed by atoms with van der Waals surface area (Å²) in [4.78, 5) is 17.0. The highest BCUT2D eigenvalue weighted by molar-refractivity contribution is 5.96. The van der Waals surface area contributed by atoms with Crippen molar-refractivity contribution in [3.05, 3.63) is 77.4 Å². The van der Waals surface area contributed by atoms with Gasteiger partial charge in [-0.05, 0) is 55.7 Å². The lowest BCUT2D eigenvalue weighted by Gasteiger charge is -2.08. The molecule has 4 aromatic rings. The molecule has 2 heterocycles. The van der Waals surface area contributed by atoms with Gasteiger partial charge in [-0.25, -0.2) is 14.1 Å². The van der Waals surface area contributed by atoms with Gasteiger partial charge >= 0.3 is 0 Å². The number of fused-ring (bicyclic) bond motifs is 1. The minimum Gasteiger partial charge on any atom is -0.322 e. The summed E-state index contributed by atoms with van der Waals surface area (Å²) in [5.41, 5.74) is 5.71. The number of hydrogen-bond donors (Lipinski definition) is 1. The smallest absolute Gasteiger partial charge is 0.246 e. The van der Waals surface area contributed by atoms with Crippen LogP contribution in [0.1, 0.15) is 16.8 Å². The van der Waals surface area contributed by atoms with Gasteiger partial charge in [-0.3, -0.25) is 4.79 Å². The monoisotopic (exact) mass is 388 g/mol. The second-order valence-electron chi connectivity index (χ2n) is 7.20. The highest BCUT2D eigenvalue weighted by Gasteiger charge is 2.16. The Balaban J connectivity index is 1.68. The molecule has 0 fully saturated rings. The van der Waals surface area contributed by atoms with E-state index in [1.54, 1.807) is 23.0 Å². The van der Waals surface area contributed by atoms with Crippen molar-refractivity contribution < 1.29 is 9.18 Å². The van der Waals surface area contributed by atoms with Crippen molar-refractivity contribution in [1.82, 2.24) is 14.8 Å². The summed E-state index contributed by atoms with van der Waals surface area (Å²) >= 11 is 0. The number of aryl methyl sites for hydroxylation is 3. The molecule has 0 unspecified atom stereocenters. The fraction of sp³-hybridized carbons (Fsp3) is 0.174. The van der Waals surface area contributed by atoms with Crippen LogP contribution >= 0.6 is 0 Å². The molecule has 0 saturated heterocycles. The Kier molecular flexibility index (Phi) is 4.84. The molecule has 1 amide bonds. The Hall–Kier alpha value is -3.54. The van der Waals surface area contributed by atoms with Crippen LogP contribution in [0.4, 0.5) is 10.1 Å². The molecular formula is C23H21FN4O. The van der Waals surface area contributed by atoms with Gasteiger partial charge in [0.05, 0.1) is 11.4 Å². The van der Waals surface area contributed by atoms with E-state index in [0.717, 1.165) is 33.3 Å². The zero-order valence-electron chi connectivity index (χ0n) is 16.5. The van der Waals surface area contributed by atoms with Crippen LogP contribution in [0.5, 0.6) is 0 Å². The zero-order valence-corrected chi connectivity index (χ0v) is 16.5. The molecule has 5 nitrogen and oxygen atoms in total. The summed E-state index contributed by atoms with van der Waals surface area (Å²) in [5, 5.41) is 8.05.